The highest BCUT2D eigenvalue weighted by Gasteiger charge is 2.03. The van der Waals surface area contributed by atoms with E-state index in [0.717, 1.165) is 17.2 Å². The lowest BCUT2D eigenvalue weighted by Gasteiger charge is -2.15. The fraction of sp³-hybridized carbons (Fsp3) is 0.0667. The zero-order chi connectivity index (χ0) is 13.7. The van der Waals surface area contributed by atoms with Crippen molar-refractivity contribution < 1.29 is 0 Å². The van der Waals surface area contributed by atoms with Gasteiger partial charge < -0.3 is 10.6 Å². The van der Waals surface area contributed by atoms with Crippen LogP contribution in [0.1, 0.15) is 6.92 Å². The van der Waals surface area contributed by atoms with Crippen LogP contribution in [0.4, 0.5) is 11.4 Å². The Bertz CT molecular complexity index is 545. The molecule has 0 saturated heterocycles. The van der Waals surface area contributed by atoms with Crippen LogP contribution in [0, 0.1) is 0 Å². The van der Waals surface area contributed by atoms with E-state index in [1.165, 1.54) is 0 Å². The molecule has 0 aromatic heterocycles. The zero-order valence-corrected chi connectivity index (χ0v) is 12.0. The number of hydrogen-bond donors (Lipinski definition) is 2. The Labute approximate surface area is 123 Å². The lowest BCUT2D eigenvalue weighted by atomic mass is 10.3. The van der Waals surface area contributed by atoms with E-state index in [-0.39, 0.29) is 0 Å². The molecule has 19 heavy (non-hydrogen) atoms. The van der Waals surface area contributed by atoms with Crippen molar-refractivity contribution >= 4 is 34.6 Å². The van der Waals surface area contributed by atoms with E-state index in [9.17, 15) is 0 Å². The normalized spacial score (nSPS) is 9.84. The first kappa shape index (κ1) is 13.8. The van der Waals surface area contributed by atoms with Crippen molar-refractivity contribution in [2.45, 2.75) is 6.92 Å². The highest BCUT2D eigenvalue weighted by atomic mass is 35.5. The molecule has 0 aliphatic rings. The topological polar surface area (TPSA) is 24.1 Å². The Morgan fingerprint density at radius 2 is 1.26 bits per heavy atom. The molecule has 0 saturated carbocycles. The van der Waals surface area contributed by atoms with Gasteiger partial charge in [0.2, 0.25) is 0 Å². The van der Waals surface area contributed by atoms with Crippen molar-refractivity contribution in [1.82, 2.24) is 0 Å². The molecular formula is C15H14Cl2N2. The fourth-order valence-electron chi connectivity index (χ4n) is 1.59. The molecule has 2 N–H and O–H groups in total. The first-order chi connectivity index (χ1) is 9.20. The van der Waals surface area contributed by atoms with Crippen LogP contribution in [0.25, 0.3) is 0 Å². The molecular weight excluding hydrogens is 279 g/mol. The summed E-state index contributed by atoms with van der Waals surface area (Å²) in [5.41, 5.74) is 1.69. The minimum Gasteiger partial charge on any atom is -0.341 e. The van der Waals surface area contributed by atoms with E-state index in [1.54, 1.807) is 0 Å². The zero-order valence-electron chi connectivity index (χ0n) is 10.5. The molecule has 4 heteroatoms. The van der Waals surface area contributed by atoms with Gasteiger partial charge in [-0.05, 0) is 37.3 Å². The van der Waals surface area contributed by atoms with Gasteiger partial charge in [-0.25, -0.2) is 0 Å². The van der Waals surface area contributed by atoms with Crippen LogP contribution in [0.3, 0.4) is 0 Å². The average molecular weight is 293 g/mol. The van der Waals surface area contributed by atoms with Crippen molar-refractivity contribution in [2.24, 2.45) is 0 Å². The number of allylic oxidation sites excluding steroid dienone is 1. The van der Waals surface area contributed by atoms with Crippen LogP contribution in [-0.4, -0.2) is 0 Å². The highest BCUT2D eigenvalue weighted by Crippen LogP contribution is 2.25. The summed E-state index contributed by atoms with van der Waals surface area (Å²) in [6.07, 6.45) is 1.92. The number of halogens is 2. The van der Waals surface area contributed by atoms with Crippen LogP contribution in [0.2, 0.25) is 10.0 Å². The number of para-hydroxylation sites is 2. The first-order valence-electron chi connectivity index (χ1n) is 5.90. The Morgan fingerprint density at radius 1 is 0.842 bits per heavy atom. The maximum atomic E-state index is 6.12. The quantitative estimate of drug-likeness (QED) is 0.791. The molecule has 2 aromatic carbocycles. The summed E-state index contributed by atoms with van der Waals surface area (Å²) in [5, 5.41) is 7.80. The van der Waals surface area contributed by atoms with Crippen LogP contribution < -0.4 is 10.6 Å². The summed E-state index contributed by atoms with van der Waals surface area (Å²) in [5.74, 6) is 0.821. The molecule has 2 rings (SSSR count). The third-order valence-electron chi connectivity index (χ3n) is 2.58. The molecule has 2 aromatic rings. The van der Waals surface area contributed by atoms with Gasteiger partial charge >= 0.3 is 0 Å². The number of anilines is 2. The lowest BCUT2D eigenvalue weighted by molar-refractivity contribution is 1.34. The van der Waals surface area contributed by atoms with Gasteiger partial charge in [0.25, 0.3) is 0 Å². The van der Waals surface area contributed by atoms with Gasteiger partial charge in [-0.1, -0.05) is 47.5 Å². The van der Waals surface area contributed by atoms with Crippen molar-refractivity contribution in [3.63, 3.8) is 0 Å². The molecule has 0 bridgehead atoms. The van der Waals surface area contributed by atoms with E-state index in [0.29, 0.717) is 10.0 Å². The number of rotatable bonds is 4. The minimum atomic E-state index is 0.669. The van der Waals surface area contributed by atoms with Crippen LogP contribution in [0.15, 0.2) is 60.4 Å². The third kappa shape index (κ3) is 3.66. The predicted octanol–water partition coefficient (Wildman–Crippen LogP) is 5.38. The summed E-state index contributed by atoms with van der Waals surface area (Å²) in [7, 11) is 0. The number of nitrogens with one attached hydrogen (secondary N) is 2. The standard InChI is InChI=1S/C15H14Cl2N2/c1-2-15(18-13-9-5-3-7-11(13)16)19-14-10-6-4-8-12(14)17/h2-10,18-19H,1H3. The lowest BCUT2D eigenvalue weighted by Crippen LogP contribution is -2.09. The van der Waals surface area contributed by atoms with E-state index in [1.807, 2.05) is 61.5 Å². The van der Waals surface area contributed by atoms with E-state index in [2.05, 4.69) is 10.6 Å². The van der Waals surface area contributed by atoms with Gasteiger partial charge in [0.15, 0.2) is 0 Å². The maximum absolute atomic E-state index is 6.12. The summed E-state index contributed by atoms with van der Waals surface area (Å²) in [4.78, 5) is 0. The van der Waals surface area contributed by atoms with Gasteiger partial charge in [-0.15, -0.1) is 0 Å². The Hall–Kier alpha value is -1.64. The van der Waals surface area contributed by atoms with Gasteiger partial charge in [-0.2, -0.15) is 0 Å². The van der Waals surface area contributed by atoms with Crippen LogP contribution in [-0.2, 0) is 0 Å². The van der Waals surface area contributed by atoms with Crippen molar-refractivity contribution in [2.75, 3.05) is 10.6 Å². The van der Waals surface area contributed by atoms with Crippen molar-refractivity contribution in [3.8, 4) is 0 Å². The maximum Gasteiger partial charge on any atom is 0.103 e. The molecule has 2 nitrogen and oxygen atoms in total. The second-order valence-electron chi connectivity index (χ2n) is 3.91. The van der Waals surface area contributed by atoms with Gasteiger partial charge in [0.1, 0.15) is 5.82 Å². The number of hydrogen-bond acceptors (Lipinski definition) is 2. The third-order valence-corrected chi connectivity index (χ3v) is 3.23. The van der Waals surface area contributed by atoms with Crippen molar-refractivity contribution in [1.29, 1.82) is 0 Å². The van der Waals surface area contributed by atoms with Gasteiger partial charge in [-0.3, -0.25) is 0 Å². The van der Waals surface area contributed by atoms with E-state index in [4.69, 9.17) is 23.2 Å². The minimum absolute atomic E-state index is 0.669. The van der Waals surface area contributed by atoms with Gasteiger partial charge in [0.05, 0.1) is 21.4 Å². The second-order valence-corrected chi connectivity index (χ2v) is 4.73. The van der Waals surface area contributed by atoms with E-state index < -0.39 is 0 Å². The molecule has 0 amide bonds. The van der Waals surface area contributed by atoms with Crippen LogP contribution >= 0.6 is 23.2 Å². The first-order valence-corrected chi connectivity index (χ1v) is 6.65. The predicted molar refractivity (Wildman–Crippen MR) is 83.9 cm³/mol. The fourth-order valence-corrected chi connectivity index (χ4v) is 1.96. The average Bonchev–Trinajstić information content (AvgIpc) is 2.42. The molecule has 0 aliphatic heterocycles. The monoisotopic (exact) mass is 292 g/mol. The summed E-state index contributed by atoms with van der Waals surface area (Å²) in [6, 6.07) is 15.2. The van der Waals surface area contributed by atoms with Gasteiger partial charge in [0, 0.05) is 0 Å². The largest absolute Gasteiger partial charge is 0.341 e. The van der Waals surface area contributed by atoms with Crippen molar-refractivity contribution in [3.05, 3.63) is 70.5 Å². The Balaban J connectivity index is 2.15. The molecule has 0 spiro atoms. The SMILES string of the molecule is CC=C(Nc1ccccc1Cl)Nc1ccccc1Cl. The highest BCUT2D eigenvalue weighted by molar-refractivity contribution is 6.33. The molecule has 0 aliphatic carbocycles. The number of benzene rings is 2. The summed E-state index contributed by atoms with van der Waals surface area (Å²) < 4.78 is 0. The smallest absolute Gasteiger partial charge is 0.103 e. The summed E-state index contributed by atoms with van der Waals surface area (Å²) in [6.45, 7) is 1.93. The Morgan fingerprint density at radius 3 is 1.63 bits per heavy atom. The molecule has 0 fully saturated rings. The Kier molecular flexibility index (Phi) is 4.72. The molecule has 98 valence electrons. The molecule has 0 atom stereocenters. The summed E-state index contributed by atoms with van der Waals surface area (Å²) >= 11 is 12.2. The van der Waals surface area contributed by atoms with E-state index >= 15 is 0 Å². The second kappa shape index (κ2) is 6.50. The van der Waals surface area contributed by atoms with Crippen LogP contribution in [0.5, 0.6) is 0 Å². The molecule has 0 heterocycles. The molecule has 0 radical (unpaired) electrons. The molecule has 0 unspecified atom stereocenters.